The molecule has 1 amide bonds. The maximum atomic E-state index is 12.9. The van der Waals surface area contributed by atoms with Crippen LogP contribution in [0.1, 0.15) is 79.6 Å². The van der Waals surface area contributed by atoms with E-state index in [0.29, 0.717) is 6.42 Å². The normalized spacial score (nSPS) is 31.4. The summed E-state index contributed by atoms with van der Waals surface area (Å²) in [5, 5.41) is 4.14. The summed E-state index contributed by atoms with van der Waals surface area (Å²) >= 11 is 0. The van der Waals surface area contributed by atoms with E-state index in [1.807, 2.05) is 21.6 Å². The van der Waals surface area contributed by atoms with Gasteiger partial charge >= 0.3 is 0 Å². The van der Waals surface area contributed by atoms with Gasteiger partial charge in [-0.3, -0.25) is 4.79 Å². The molecular formula is C23H37NO3S2. The molecule has 1 aliphatic carbocycles. The van der Waals surface area contributed by atoms with Crippen molar-refractivity contribution in [3.8, 4) is 0 Å². The highest BCUT2D eigenvalue weighted by molar-refractivity contribution is 8.77. The molecule has 3 aliphatic rings. The van der Waals surface area contributed by atoms with Crippen LogP contribution in [0.2, 0.25) is 0 Å². The van der Waals surface area contributed by atoms with E-state index in [0.717, 1.165) is 53.6 Å². The number of hydrogen-bond acceptors (Lipinski definition) is 5. The number of nitrogens with one attached hydrogen (secondary N) is 1. The maximum Gasteiger partial charge on any atom is 0.220 e. The fourth-order valence-electron chi connectivity index (χ4n) is 4.92. The molecule has 164 valence electrons. The van der Waals surface area contributed by atoms with Gasteiger partial charge in [0.25, 0.3) is 0 Å². The molecule has 2 heterocycles. The number of methoxy groups -OCH3 is 1. The highest BCUT2D eigenvalue weighted by Gasteiger charge is 2.51. The SMILES string of the molecule is COC1=C(C)C(C)=C2OC(C)(C)CCC2C1(C)NC(=O)CCCCC1CCSS1. The predicted molar refractivity (Wildman–Crippen MR) is 124 cm³/mol. The summed E-state index contributed by atoms with van der Waals surface area (Å²) in [6.45, 7) is 10.6. The van der Waals surface area contributed by atoms with Crippen molar-refractivity contribution in [2.24, 2.45) is 5.92 Å². The molecule has 3 atom stereocenters. The van der Waals surface area contributed by atoms with Crippen molar-refractivity contribution < 1.29 is 14.3 Å². The Kier molecular flexibility index (Phi) is 7.25. The minimum atomic E-state index is -0.556. The van der Waals surface area contributed by atoms with Crippen LogP contribution in [0.25, 0.3) is 0 Å². The van der Waals surface area contributed by atoms with Crippen LogP contribution < -0.4 is 5.32 Å². The Labute approximate surface area is 184 Å². The highest BCUT2D eigenvalue weighted by Crippen LogP contribution is 2.49. The molecule has 0 aromatic carbocycles. The second-order valence-electron chi connectivity index (χ2n) is 9.43. The molecule has 3 rings (SSSR count). The highest BCUT2D eigenvalue weighted by atomic mass is 33.1. The molecule has 0 aromatic rings. The Balaban J connectivity index is 1.68. The van der Waals surface area contributed by atoms with Crippen LogP contribution in [-0.2, 0) is 14.3 Å². The molecule has 0 radical (unpaired) electrons. The average molecular weight is 440 g/mol. The van der Waals surface area contributed by atoms with Crippen LogP contribution in [0, 0.1) is 5.92 Å². The number of amides is 1. The fraction of sp³-hybridized carbons (Fsp3) is 0.783. The summed E-state index contributed by atoms with van der Waals surface area (Å²) in [6.07, 6.45) is 7.13. The number of carbonyl (C=O) groups is 1. The molecule has 0 saturated carbocycles. The first-order valence-corrected chi connectivity index (χ1v) is 13.3. The van der Waals surface area contributed by atoms with Crippen LogP contribution in [0.15, 0.2) is 22.7 Å². The number of ether oxygens (including phenoxy) is 2. The predicted octanol–water partition coefficient (Wildman–Crippen LogP) is 5.99. The smallest absolute Gasteiger partial charge is 0.220 e. The first-order valence-electron chi connectivity index (χ1n) is 10.9. The molecule has 0 bridgehead atoms. The van der Waals surface area contributed by atoms with Gasteiger partial charge in [0.15, 0.2) is 0 Å². The van der Waals surface area contributed by atoms with Gasteiger partial charge in [-0.25, -0.2) is 0 Å². The lowest BCUT2D eigenvalue weighted by molar-refractivity contribution is -0.124. The van der Waals surface area contributed by atoms with E-state index in [-0.39, 0.29) is 17.4 Å². The van der Waals surface area contributed by atoms with Crippen molar-refractivity contribution in [3.05, 3.63) is 22.7 Å². The number of carbonyl (C=O) groups excluding carboxylic acids is 1. The lowest BCUT2D eigenvalue weighted by Gasteiger charge is -2.49. The van der Waals surface area contributed by atoms with Crippen LogP contribution >= 0.6 is 21.6 Å². The van der Waals surface area contributed by atoms with Crippen LogP contribution in [0.5, 0.6) is 0 Å². The van der Waals surface area contributed by atoms with Crippen LogP contribution in [0.4, 0.5) is 0 Å². The van der Waals surface area contributed by atoms with E-state index in [2.05, 4.69) is 39.9 Å². The first kappa shape index (κ1) is 22.9. The van der Waals surface area contributed by atoms with Crippen molar-refractivity contribution in [1.82, 2.24) is 5.32 Å². The van der Waals surface area contributed by atoms with E-state index in [1.54, 1.807) is 7.11 Å². The van der Waals surface area contributed by atoms with E-state index in [9.17, 15) is 4.79 Å². The van der Waals surface area contributed by atoms with E-state index in [1.165, 1.54) is 18.6 Å². The number of fused-ring (bicyclic) bond motifs is 1. The molecule has 2 fully saturated rings. The summed E-state index contributed by atoms with van der Waals surface area (Å²) in [7, 11) is 5.72. The molecule has 2 aliphatic heterocycles. The quantitative estimate of drug-likeness (QED) is 0.390. The maximum absolute atomic E-state index is 12.9. The summed E-state index contributed by atoms with van der Waals surface area (Å²) in [6, 6.07) is 0. The lowest BCUT2D eigenvalue weighted by atomic mass is 9.70. The number of rotatable bonds is 7. The molecular weight excluding hydrogens is 402 g/mol. The Bertz CT molecular complexity index is 694. The number of hydrogen-bond donors (Lipinski definition) is 1. The third kappa shape index (κ3) is 4.95. The van der Waals surface area contributed by atoms with Gasteiger partial charge < -0.3 is 14.8 Å². The zero-order chi connectivity index (χ0) is 21.2. The van der Waals surface area contributed by atoms with Gasteiger partial charge in [-0.15, -0.1) is 0 Å². The minimum absolute atomic E-state index is 0.116. The average Bonchev–Trinajstić information content (AvgIpc) is 3.16. The standard InChI is InChI=1S/C23H37NO3S2/c1-15-16(2)21(26-6)23(5,18-11-13-22(3,4)27-20(15)18)24-19(25)10-8-7-9-17-12-14-28-29-17/h17-18H,7-14H2,1-6H3,(H,24,25). The largest absolute Gasteiger partial charge is 0.498 e. The molecule has 6 heteroatoms. The van der Waals surface area contributed by atoms with Crippen LogP contribution in [-0.4, -0.2) is 35.2 Å². The van der Waals surface area contributed by atoms with Gasteiger partial charge in [0.2, 0.25) is 5.91 Å². The minimum Gasteiger partial charge on any atom is -0.498 e. The second kappa shape index (κ2) is 9.17. The molecule has 1 N–H and O–H groups in total. The van der Waals surface area contributed by atoms with Crippen molar-refractivity contribution >= 4 is 27.5 Å². The second-order valence-corrected chi connectivity index (χ2v) is 12.2. The molecule has 2 saturated heterocycles. The molecule has 0 aromatic heterocycles. The van der Waals surface area contributed by atoms with Crippen molar-refractivity contribution in [2.75, 3.05) is 12.9 Å². The Morgan fingerprint density at radius 1 is 1.21 bits per heavy atom. The Morgan fingerprint density at radius 3 is 2.62 bits per heavy atom. The number of unbranched alkanes of at least 4 members (excludes halogenated alkanes) is 1. The Morgan fingerprint density at radius 2 is 1.97 bits per heavy atom. The van der Waals surface area contributed by atoms with Crippen molar-refractivity contribution in [2.45, 2.75) is 96.0 Å². The zero-order valence-corrected chi connectivity index (χ0v) is 20.5. The summed E-state index contributed by atoms with van der Waals surface area (Å²) in [5.41, 5.74) is 1.51. The lowest BCUT2D eigenvalue weighted by Crippen LogP contribution is -2.57. The monoisotopic (exact) mass is 439 g/mol. The first-order chi connectivity index (χ1) is 13.7. The summed E-state index contributed by atoms with van der Waals surface area (Å²) in [5.74, 6) is 3.41. The summed E-state index contributed by atoms with van der Waals surface area (Å²) in [4.78, 5) is 12.9. The van der Waals surface area contributed by atoms with E-state index >= 15 is 0 Å². The van der Waals surface area contributed by atoms with Gasteiger partial charge in [-0.05, 0) is 77.9 Å². The van der Waals surface area contributed by atoms with E-state index in [4.69, 9.17) is 9.47 Å². The molecule has 3 unspecified atom stereocenters. The molecule has 4 nitrogen and oxygen atoms in total. The summed E-state index contributed by atoms with van der Waals surface area (Å²) < 4.78 is 12.3. The fourth-order valence-corrected chi connectivity index (χ4v) is 7.95. The van der Waals surface area contributed by atoms with Crippen molar-refractivity contribution in [1.29, 1.82) is 0 Å². The van der Waals surface area contributed by atoms with Gasteiger partial charge in [-0.2, -0.15) is 0 Å². The van der Waals surface area contributed by atoms with Gasteiger partial charge in [0.1, 0.15) is 22.7 Å². The molecule has 0 spiro atoms. The van der Waals surface area contributed by atoms with Gasteiger partial charge in [0, 0.05) is 23.3 Å². The van der Waals surface area contributed by atoms with Gasteiger partial charge in [0.05, 0.1) is 7.11 Å². The zero-order valence-electron chi connectivity index (χ0n) is 18.9. The van der Waals surface area contributed by atoms with Crippen molar-refractivity contribution in [3.63, 3.8) is 0 Å². The third-order valence-electron chi connectivity index (χ3n) is 6.69. The van der Waals surface area contributed by atoms with Gasteiger partial charge in [-0.1, -0.05) is 28.0 Å². The van der Waals surface area contributed by atoms with E-state index < -0.39 is 5.54 Å². The third-order valence-corrected chi connectivity index (χ3v) is 9.70. The topological polar surface area (TPSA) is 47.6 Å². The Hall–Kier alpha value is -0.750. The molecule has 29 heavy (non-hydrogen) atoms. The van der Waals surface area contributed by atoms with Crippen LogP contribution in [0.3, 0.4) is 0 Å². The number of allylic oxidation sites excluding steroid dienone is 2.